The molecule has 4 unspecified atom stereocenters. The van der Waals surface area contributed by atoms with Crippen LogP contribution in [-0.4, -0.2) is 49.8 Å². The summed E-state index contributed by atoms with van der Waals surface area (Å²) < 4.78 is 5.38. The first-order valence-corrected chi connectivity index (χ1v) is 7.06. The van der Waals surface area contributed by atoms with Gasteiger partial charge in [0.05, 0.1) is 13.2 Å². The Bertz CT molecular complexity index is 286. The third-order valence-electron chi connectivity index (χ3n) is 4.50. The lowest BCUT2D eigenvalue weighted by Gasteiger charge is -2.43. The van der Waals surface area contributed by atoms with E-state index in [1.54, 1.807) is 0 Å². The molecule has 4 atom stereocenters. The zero-order valence-corrected chi connectivity index (χ0v) is 10.8. The smallest absolute Gasteiger partial charge is 0.0594 e. The highest BCUT2D eigenvalue weighted by atomic mass is 16.5. The molecule has 0 aromatic rings. The van der Waals surface area contributed by atoms with Gasteiger partial charge >= 0.3 is 0 Å². The number of fused-ring (bicyclic) bond motifs is 1. The summed E-state index contributed by atoms with van der Waals surface area (Å²) in [7, 11) is 0. The summed E-state index contributed by atoms with van der Waals surface area (Å²) in [5, 5.41) is 3.80. The Morgan fingerprint density at radius 3 is 3.00 bits per heavy atom. The second-order valence-corrected chi connectivity index (χ2v) is 5.82. The van der Waals surface area contributed by atoms with E-state index in [2.05, 4.69) is 29.3 Å². The molecular formula is C14H24N2O. The lowest BCUT2D eigenvalue weighted by molar-refractivity contribution is 0.0314. The maximum atomic E-state index is 5.38. The van der Waals surface area contributed by atoms with Gasteiger partial charge in [0.1, 0.15) is 0 Å². The second-order valence-electron chi connectivity index (χ2n) is 5.82. The molecule has 1 saturated heterocycles. The number of allylic oxidation sites excluding steroid dienone is 1. The lowest BCUT2D eigenvalue weighted by Crippen LogP contribution is -2.54. The monoisotopic (exact) mass is 236 g/mol. The largest absolute Gasteiger partial charge is 0.379 e. The Balaban J connectivity index is 1.41. The fraction of sp³-hybridized carbons (Fsp3) is 0.857. The molecule has 3 rings (SSSR count). The van der Waals surface area contributed by atoms with E-state index in [9.17, 15) is 0 Å². The van der Waals surface area contributed by atoms with Gasteiger partial charge in [-0.2, -0.15) is 0 Å². The van der Waals surface area contributed by atoms with Crippen LogP contribution in [0.25, 0.3) is 0 Å². The van der Waals surface area contributed by atoms with Gasteiger partial charge in [0, 0.05) is 31.7 Å². The van der Waals surface area contributed by atoms with Crippen molar-refractivity contribution in [2.75, 3.05) is 32.8 Å². The summed E-state index contributed by atoms with van der Waals surface area (Å²) in [6, 6.07) is 1.35. The van der Waals surface area contributed by atoms with Gasteiger partial charge < -0.3 is 10.1 Å². The summed E-state index contributed by atoms with van der Waals surface area (Å²) in [6.45, 7) is 7.50. The van der Waals surface area contributed by atoms with Gasteiger partial charge in [0.25, 0.3) is 0 Å². The fourth-order valence-electron chi connectivity index (χ4n) is 3.50. The third kappa shape index (κ3) is 2.56. The molecule has 17 heavy (non-hydrogen) atoms. The van der Waals surface area contributed by atoms with E-state index in [-0.39, 0.29) is 0 Å². The van der Waals surface area contributed by atoms with Gasteiger partial charge in [0.15, 0.2) is 0 Å². The Labute approximate surface area is 104 Å². The van der Waals surface area contributed by atoms with Crippen molar-refractivity contribution in [3.63, 3.8) is 0 Å². The molecule has 0 aromatic heterocycles. The Morgan fingerprint density at radius 1 is 1.41 bits per heavy atom. The van der Waals surface area contributed by atoms with Crippen LogP contribution in [0.15, 0.2) is 12.2 Å². The van der Waals surface area contributed by atoms with Crippen LogP contribution in [-0.2, 0) is 4.74 Å². The molecule has 0 aromatic carbocycles. The standard InChI is InChI=1S/C14H24N2O/c1-11(10-16-5-7-17-8-6-16)15-14-9-12-3-2-4-13(12)14/h2,4,11-15H,3,5-10H2,1H3. The second kappa shape index (κ2) is 5.09. The maximum Gasteiger partial charge on any atom is 0.0594 e. The van der Waals surface area contributed by atoms with Crippen molar-refractivity contribution in [3.05, 3.63) is 12.2 Å². The maximum absolute atomic E-state index is 5.38. The molecule has 2 fully saturated rings. The highest BCUT2D eigenvalue weighted by molar-refractivity contribution is 5.13. The van der Waals surface area contributed by atoms with Crippen molar-refractivity contribution >= 4 is 0 Å². The first kappa shape index (κ1) is 11.7. The minimum atomic E-state index is 0.605. The summed E-state index contributed by atoms with van der Waals surface area (Å²) in [5.74, 6) is 1.80. The van der Waals surface area contributed by atoms with Gasteiger partial charge in [0.2, 0.25) is 0 Å². The van der Waals surface area contributed by atoms with E-state index in [4.69, 9.17) is 4.74 Å². The van der Waals surface area contributed by atoms with Crippen molar-refractivity contribution in [1.29, 1.82) is 0 Å². The summed E-state index contributed by atoms with van der Waals surface area (Å²) in [6.07, 6.45) is 7.49. The SMILES string of the molecule is CC(CN1CCOCC1)NC1CC2CC=CC21. The van der Waals surface area contributed by atoms with Crippen LogP contribution >= 0.6 is 0 Å². The van der Waals surface area contributed by atoms with Crippen LogP contribution in [0.2, 0.25) is 0 Å². The van der Waals surface area contributed by atoms with Crippen molar-refractivity contribution in [1.82, 2.24) is 10.2 Å². The molecule has 3 nitrogen and oxygen atoms in total. The van der Waals surface area contributed by atoms with Crippen LogP contribution in [0, 0.1) is 11.8 Å². The molecule has 2 aliphatic carbocycles. The highest BCUT2D eigenvalue weighted by Crippen LogP contribution is 2.42. The predicted octanol–water partition coefficient (Wildman–Crippen LogP) is 1.26. The lowest BCUT2D eigenvalue weighted by atomic mass is 9.71. The number of nitrogens with one attached hydrogen (secondary N) is 1. The van der Waals surface area contributed by atoms with Gasteiger partial charge in [-0.3, -0.25) is 4.90 Å². The Kier molecular flexibility index (Phi) is 3.50. The topological polar surface area (TPSA) is 24.5 Å². The number of hydrogen-bond donors (Lipinski definition) is 1. The summed E-state index contributed by atoms with van der Waals surface area (Å²) in [4.78, 5) is 2.52. The fourth-order valence-corrected chi connectivity index (χ4v) is 3.50. The minimum Gasteiger partial charge on any atom is -0.379 e. The van der Waals surface area contributed by atoms with Crippen LogP contribution in [0.3, 0.4) is 0 Å². The molecule has 1 aliphatic heterocycles. The molecule has 0 radical (unpaired) electrons. The summed E-state index contributed by atoms with van der Waals surface area (Å²) >= 11 is 0. The summed E-state index contributed by atoms with van der Waals surface area (Å²) in [5.41, 5.74) is 0. The van der Waals surface area contributed by atoms with E-state index in [1.807, 2.05) is 0 Å². The van der Waals surface area contributed by atoms with Gasteiger partial charge in [-0.1, -0.05) is 12.2 Å². The van der Waals surface area contributed by atoms with E-state index in [0.717, 1.165) is 44.2 Å². The molecule has 3 aliphatic rings. The molecule has 1 heterocycles. The zero-order chi connectivity index (χ0) is 11.7. The zero-order valence-electron chi connectivity index (χ0n) is 10.8. The van der Waals surface area contributed by atoms with Crippen LogP contribution in [0.4, 0.5) is 0 Å². The normalized spacial score (nSPS) is 38.8. The Hall–Kier alpha value is -0.380. The van der Waals surface area contributed by atoms with Crippen LogP contribution in [0.1, 0.15) is 19.8 Å². The molecule has 0 bridgehead atoms. The number of nitrogens with zero attached hydrogens (tertiary/aromatic N) is 1. The number of rotatable bonds is 4. The molecule has 1 saturated carbocycles. The van der Waals surface area contributed by atoms with E-state index in [0.29, 0.717) is 6.04 Å². The molecule has 96 valence electrons. The highest BCUT2D eigenvalue weighted by Gasteiger charge is 2.41. The van der Waals surface area contributed by atoms with E-state index >= 15 is 0 Å². The van der Waals surface area contributed by atoms with Crippen molar-refractivity contribution in [3.8, 4) is 0 Å². The van der Waals surface area contributed by atoms with E-state index in [1.165, 1.54) is 19.4 Å². The quantitative estimate of drug-likeness (QED) is 0.744. The number of hydrogen-bond acceptors (Lipinski definition) is 3. The predicted molar refractivity (Wildman–Crippen MR) is 69.0 cm³/mol. The van der Waals surface area contributed by atoms with E-state index < -0.39 is 0 Å². The van der Waals surface area contributed by atoms with Gasteiger partial charge in [-0.15, -0.1) is 0 Å². The molecule has 0 amide bonds. The van der Waals surface area contributed by atoms with Crippen molar-refractivity contribution in [2.24, 2.45) is 11.8 Å². The number of ether oxygens (including phenoxy) is 1. The minimum absolute atomic E-state index is 0.605. The third-order valence-corrected chi connectivity index (χ3v) is 4.50. The van der Waals surface area contributed by atoms with Crippen molar-refractivity contribution < 1.29 is 4.74 Å². The van der Waals surface area contributed by atoms with Crippen molar-refractivity contribution in [2.45, 2.75) is 31.8 Å². The number of morpholine rings is 1. The van der Waals surface area contributed by atoms with Crippen LogP contribution in [0.5, 0.6) is 0 Å². The first-order valence-electron chi connectivity index (χ1n) is 7.06. The average Bonchev–Trinajstić information content (AvgIpc) is 2.69. The van der Waals surface area contributed by atoms with Gasteiger partial charge in [-0.05, 0) is 31.6 Å². The molecule has 0 spiro atoms. The molecular weight excluding hydrogens is 212 g/mol. The van der Waals surface area contributed by atoms with Crippen LogP contribution < -0.4 is 5.32 Å². The molecule has 3 heteroatoms. The average molecular weight is 236 g/mol. The molecule has 1 N–H and O–H groups in total. The Morgan fingerprint density at radius 2 is 2.24 bits per heavy atom. The van der Waals surface area contributed by atoms with Gasteiger partial charge in [-0.25, -0.2) is 0 Å². The first-order chi connectivity index (χ1) is 8.33.